The summed E-state index contributed by atoms with van der Waals surface area (Å²) in [6, 6.07) is 11.4. The summed E-state index contributed by atoms with van der Waals surface area (Å²) >= 11 is 0. The summed E-state index contributed by atoms with van der Waals surface area (Å²) in [5, 5.41) is 0. The fourth-order valence-corrected chi connectivity index (χ4v) is 3.40. The quantitative estimate of drug-likeness (QED) is 0.834. The van der Waals surface area contributed by atoms with Crippen LogP contribution in [0.2, 0.25) is 0 Å². The van der Waals surface area contributed by atoms with Gasteiger partial charge in [-0.15, -0.1) is 0 Å². The zero-order valence-electron chi connectivity index (χ0n) is 11.6. The second kappa shape index (κ2) is 6.04. The Balaban J connectivity index is 1.86. The van der Waals surface area contributed by atoms with Gasteiger partial charge >= 0.3 is 0 Å². The first-order valence-corrected chi connectivity index (χ1v) is 7.34. The van der Waals surface area contributed by atoms with E-state index < -0.39 is 0 Å². The molecule has 2 aliphatic heterocycles. The van der Waals surface area contributed by atoms with Gasteiger partial charge in [-0.25, -0.2) is 0 Å². The van der Waals surface area contributed by atoms with Gasteiger partial charge in [-0.05, 0) is 18.9 Å². The summed E-state index contributed by atoms with van der Waals surface area (Å²) in [7, 11) is 0. The molecule has 3 nitrogen and oxygen atoms in total. The molecule has 3 heteroatoms. The Bertz CT molecular complexity index is 389. The van der Waals surface area contributed by atoms with Crippen molar-refractivity contribution in [3.63, 3.8) is 0 Å². The molecule has 0 aromatic heterocycles. The van der Waals surface area contributed by atoms with E-state index in [2.05, 4.69) is 42.2 Å². The van der Waals surface area contributed by atoms with Crippen LogP contribution in [0.15, 0.2) is 30.3 Å². The molecule has 2 aliphatic rings. The largest absolute Gasteiger partial charge is 0.379 e. The Kier molecular flexibility index (Phi) is 4.16. The van der Waals surface area contributed by atoms with E-state index in [1.807, 2.05) is 0 Å². The summed E-state index contributed by atoms with van der Waals surface area (Å²) in [6.45, 7) is 6.88. The molecule has 0 N–H and O–H groups in total. The van der Waals surface area contributed by atoms with Crippen LogP contribution in [0.25, 0.3) is 0 Å². The molecule has 2 heterocycles. The Morgan fingerprint density at radius 1 is 1.11 bits per heavy atom. The van der Waals surface area contributed by atoms with E-state index in [-0.39, 0.29) is 0 Å². The lowest BCUT2D eigenvalue weighted by molar-refractivity contribution is -0.00961. The highest BCUT2D eigenvalue weighted by Crippen LogP contribution is 2.37. The van der Waals surface area contributed by atoms with Crippen LogP contribution in [0.4, 0.5) is 0 Å². The lowest BCUT2D eigenvalue weighted by Gasteiger charge is -2.39. The topological polar surface area (TPSA) is 21.7 Å². The molecule has 0 aliphatic carbocycles. The second-order valence-corrected chi connectivity index (χ2v) is 5.53. The van der Waals surface area contributed by atoms with Crippen LogP contribution in [-0.4, -0.2) is 43.9 Å². The van der Waals surface area contributed by atoms with Crippen LogP contribution < -0.4 is 0 Å². The van der Waals surface area contributed by atoms with Gasteiger partial charge < -0.3 is 9.47 Å². The molecule has 2 saturated heterocycles. The fourth-order valence-electron chi connectivity index (χ4n) is 3.40. The zero-order chi connectivity index (χ0) is 13.1. The Morgan fingerprint density at radius 2 is 1.84 bits per heavy atom. The van der Waals surface area contributed by atoms with Crippen LogP contribution in [-0.2, 0) is 9.47 Å². The maximum Gasteiger partial charge on any atom is 0.0594 e. The third kappa shape index (κ3) is 2.83. The standard InChI is InChI=1S/C16H23NO2/c1-13-15(7-10-19-13)16(14-5-3-2-4-6-14)17-8-11-18-12-9-17/h2-6,13,15-16H,7-12H2,1H3. The van der Waals surface area contributed by atoms with E-state index in [1.165, 1.54) is 5.56 Å². The molecule has 3 unspecified atom stereocenters. The van der Waals surface area contributed by atoms with E-state index >= 15 is 0 Å². The number of nitrogens with zero attached hydrogens (tertiary/aromatic N) is 1. The number of benzene rings is 1. The highest BCUT2D eigenvalue weighted by molar-refractivity contribution is 5.21. The maximum atomic E-state index is 5.80. The first-order chi connectivity index (χ1) is 9.36. The highest BCUT2D eigenvalue weighted by Gasteiger charge is 2.36. The third-order valence-electron chi connectivity index (χ3n) is 4.42. The minimum Gasteiger partial charge on any atom is -0.379 e. The van der Waals surface area contributed by atoms with E-state index in [0.29, 0.717) is 18.1 Å². The van der Waals surface area contributed by atoms with Crippen molar-refractivity contribution in [1.82, 2.24) is 4.90 Å². The van der Waals surface area contributed by atoms with Gasteiger partial charge in [0.2, 0.25) is 0 Å². The lowest BCUT2D eigenvalue weighted by Crippen LogP contribution is -2.43. The van der Waals surface area contributed by atoms with Gasteiger partial charge in [0.05, 0.1) is 19.3 Å². The van der Waals surface area contributed by atoms with Gasteiger partial charge in [0.1, 0.15) is 0 Å². The van der Waals surface area contributed by atoms with Crippen molar-refractivity contribution in [2.75, 3.05) is 32.9 Å². The lowest BCUT2D eigenvalue weighted by atomic mass is 9.87. The molecule has 0 amide bonds. The number of hydrogen-bond acceptors (Lipinski definition) is 3. The van der Waals surface area contributed by atoms with Gasteiger partial charge in [-0.2, -0.15) is 0 Å². The predicted molar refractivity (Wildman–Crippen MR) is 75.1 cm³/mol. The highest BCUT2D eigenvalue weighted by atomic mass is 16.5. The van der Waals surface area contributed by atoms with Crippen molar-refractivity contribution < 1.29 is 9.47 Å². The molecule has 0 saturated carbocycles. The van der Waals surface area contributed by atoms with Crippen LogP contribution in [0, 0.1) is 5.92 Å². The molecule has 1 aromatic rings. The predicted octanol–water partition coefficient (Wildman–Crippen LogP) is 2.48. The molecule has 0 bridgehead atoms. The average molecular weight is 261 g/mol. The van der Waals surface area contributed by atoms with E-state index in [1.54, 1.807) is 0 Å². The summed E-state index contributed by atoms with van der Waals surface area (Å²) in [5.41, 5.74) is 1.42. The molecule has 0 spiro atoms. The molecule has 1 aromatic carbocycles. The third-order valence-corrected chi connectivity index (χ3v) is 4.42. The molecular weight excluding hydrogens is 238 g/mol. The first-order valence-electron chi connectivity index (χ1n) is 7.34. The average Bonchev–Trinajstić information content (AvgIpc) is 2.88. The van der Waals surface area contributed by atoms with Gasteiger partial charge in [-0.3, -0.25) is 4.90 Å². The van der Waals surface area contributed by atoms with Crippen molar-refractivity contribution >= 4 is 0 Å². The normalized spacial score (nSPS) is 30.4. The minimum atomic E-state index is 0.355. The van der Waals surface area contributed by atoms with Gasteiger partial charge in [0.25, 0.3) is 0 Å². The second-order valence-electron chi connectivity index (χ2n) is 5.53. The van der Waals surface area contributed by atoms with E-state index in [0.717, 1.165) is 39.3 Å². The van der Waals surface area contributed by atoms with Crippen molar-refractivity contribution in [3.8, 4) is 0 Å². The van der Waals surface area contributed by atoms with Gasteiger partial charge in [-0.1, -0.05) is 30.3 Å². The molecule has 2 fully saturated rings. The van der Waals surface area contributed by atoms with E-state index in [9.17, 15) is 0 Å². The van der Waals surface area contributed by atoms with Gasteiger partial charge in [0.15, 0.2) is 0 Å². The van der Waals surface area contributed by atoms with Crippen LogP contribution >= 0.6 is 0 Å². The SMILES string of the molecule is CC1OCCC1C(c1ccccc1)N1CCOCC1. The number of rotatable bonds is 3. The number of hydrogen-bond donors (Lipinski definition) is 0. The summed E-state index contributed by atoms with van der Waals surface area (Å²) < 4.78 is 11.3. The molecule has 3 rings (SSSR count). The number of morpholine rings is 1. The zero-order valence-corrected chi connectivity index (χ0v) is 11.6. The molecule has 19 heavy (non-hydrogen) atoms. The molecule has 0 radical (unpaired) electrons. The molecule has 3 atom stereocenters. The minimum absolute atomic E-state index is 0.355. The fraction of sp³-hybridized carbons (Fsp3) is 0.625. The van der Waals surface area contributed by atoms with Crippen molar-refractivity contribution in [2.45, 2.75) is 25.5 Å². The maximum absolute atomic E-state index is 5.80. The monoisotopic (exact) mass is 261 g/mol. The van der Waals surface area contributed by atoms with Crippen molar-refractivity contribution in [1.29, 1.82) is 0 Å². The Labute approximate surface area is 115 Å². The number of ether oxygens (including phenoxy) is 2. The summed E-state index contributed by atoms with van der Waals surface area (Å²) in [4.78, 5) is 2.58. The van der Waals surface area contributed by atoms with Crippen LogP contribution in [0.1, 0.15) is 24.9 Å². The van der Waals surface area contributed by atoms with Crippen molar-refractivity contribution in [3.05, 3.63) is 35.9 Å². The van der Waals surface area contributed by atoms with Crippen LogP contribution in [0.5, 0.6) is 0 Å². The Hall–Kier alpha value is -0.900. The first kappa shape index (κ1) is 13.1. The molecular formula is C16H23NO2. The smallest absolute Gasteiger partial charge is 0.0594 e. The molecule has 104 valence electrons. The van der Waals surface area contributed by atoms with Gasteiger partial charge in [0, 0.05) is 31.7 Å². The van der Waals surface area contributed by atoms with E-state index in [4.69, 9.17) is 9.47 Å². The van der Waals surface area contributed by atoms with Crippen molar-refractivity contribution in [2.24, 2.45) is 5.92 Å². The Morgan fingerprint density at radius 3 is 2.47 bits per heavy atom. The summed E-state index contributed by atoms with van der Waals surface area (Å²) in [6.07, 6.45) is 1.52. The summed E-state index contributed by atoms with van der Waals surface area (Å²) in [5.74, 6) is 0.598. The van der Waals surface area contributed by atoms with Crippen LogP contribution in [0.3, 0.4) is 0 Å².